The second kappa shape index (κ2) is 7.90. The van der Waals surface area contributed by atoms with Crippen LogP contribution in [0.3, 0.4) is 0 Å². The fourth-order valence-electron chi connectivity index (χ4n) is 1.87. The van der Waals surface area contributed by atoms with E-state index in [-0.39, 0.29) is 0 Å². The molecule has 0 N–H and O–H groups in total. The van der Waals surface area contributed by atoms with Crippen molar-refractivity contribution in [3.05, 3.63) is 66.0 Å². The largest absolute Gasteiger partial charge is 0.205 e. The molecule has 0 amide bonds. The number of halogens is 1. The fraction of sp³-hybridized carbons (Fsp3) is 0.235. The van der Waals surface area contributed by atoms with Crippen LogP contribution in [0.15, 0.2) is 54.9 Å². The van der Waals surface area contributed by atoms with Crippen molar-refractivity contribution in [3.8, 4) is 0 Å². The highest BCUT2D eigenvalue weighted by Crippen LogP contribution is 2.06. The van der Waals surface area contributed by atoms with Gasteiger partial charge in [0, 0.05) is 23.9 Å². The molecule has 0 aliphatic heterocycles. The molecular formula is C17H19BrN+. The van der Waals surface area contributed by atoms with Gasteiger partial charge in [-0.25, -0.2) is 4.57 Å². The maximum Gasteiger partial charge on any atom is 0.169 e. The molecule has 2 heteroatoms. The number of pyridine rings is 1. The highest BCUT2D eigenvalue weighted by molar-refractivity contribution is 9.09. The first-order valence-corrected chi connectivity index (χ1v) is 7.79. The minimum absolute atomic E-state index is 1.09. The van der Waals surface area contributed by atoms with E-state index in [1.807, 2.05) is 6.07 Å². The van der Waals surface area contributed by atoms with Crippen LogP contribution in [0, 0.1) is 0 Å². The maximum atomic E-state index is 3.46. The first kappa shape index (κ1) is 14.0. The molecule has 0 bridgehead atoms. The van der Waals surface area contributed by atoms with E-state index in [0.29, 0.717) is 0 Å². The number of alkyl halides is 1. The number of benzene rings is 1. The Hall–Kier alpha value is -1.41. The molecule has 19 heavy (non-hydrogen) atoms. The molecule has 1 aromatic carbocycles. The van der Waals surface area contributed by atoms with Gasteiger partial charge in [0.2, 0.25) is 0 Å². The third-order valence-corrected chi connectivity index (χ3v) is 3.55. The topological polar surface area (TPSA) is 3.88 Å². The van der Waals surface area contributed by atoms with Crippen molar-refractivity contribution in [2.24, 2.45) is 0 Å². The van der Waals surface area contributed by atoms with Crippen molar-refractivity contribution in [1.82, 2.24) is 0 Å². The molecule has 0 fully saturated rings. The van der Waals surface area contributed by atoms with Crippen molar-refractivity contribution >= 4 is 28.1 Å². The Balaban J connectivity index is 1.93. The zero-order chi connectivity index (χ0) is 13.3. The predicted molar refractivity (Wildman–Crippen MR) is 85.0 cm³/mol. The molecule has 1 heterocycles. The van der Waals surface area contributed by atoms with Gasteiger partial charge in [0.05, 0.1) is 0 Å². The first-order chi connectivity index (χ1) is 9.38. The van der Waals surface area contributed by atoms with Crippen LogP contribution in [0.5, 0.6) is 0 Å². The average Bonchev–Trinajstić information content (AvgIpc) is 2.48. The second-order valence-corrected chi connectivity index (χ2v) is 5.30. The standard InChI is InChI=1S/C17H19BrN/c18-12-4-5-13-19-14-10-17(11-15-19)9-8-16-6-2-1-3-7-16/h1-3,6-11,14-15H,4-5,12-13H2/q+1. The van der Waals surface area contributed by atoms with Crippen molar-refractivity contribution in [1.29, 1.82) is 0 Å². The van der Waals surface area contributed by atoms with Crippen molar-refractivity contribution < 1.29 is 4.57 Å². The van der Waals surface area contributed by atoms with Gasteiger partial charge in [-0.3, -0.25) is 0 Å². The first-order valence-electron chi connectivity index (χ1n) is 6.67. The SMILES string of the molecule is BrCCCC[n+]1ccc(C=Cc2ccccc2)cc1. The highest BCUT2D eigenvalue weighted by Gasteiger charge is 1.98. The van der Waals surface area contributed by atoms with Crippen LogP contribution in [0.2, 0.25) is 0 Å². The quantitative estimate of drug-likeness (QED) is 0.424. The van der Waals surface area contributed by atoms with Crippen LogP contribution in [0.25, 0.3) is 12.2 Å². The summed E-state index contributed by atoms with van der Waals surface area (Å²) in [5.41, 5.74) is 2.47. The van der Waals surface area contributed by atoms with E-state index in [1.165, 1.54) is 24.0 Å². The van der Waals surface area contributed by atoms with Gasteiger partial charge in [0.15, 0.2) is 12.4 Å². The summed E-state index contributed by atoms with van der Waals surface area (Å²) in [4.78, 5) is 0. The normalized spacial score (nSPS) is 11.0. The number of nitrogens with zero attached hydrogens (tertiary/aromatic N) is 1. The lowest BCUT2D eigenvalue weighted by Crippen LogP contribution is -2.32. The molecule has 0 radical (unpaired) electrons. The average molecular weight is 317 g/mol. The number of hydrogen-bond acceptors (Lipinski definition) is 0. The smallest absolute Gasteiger partial charge is 0.169 e. The van der Waals surface area contributed by atoms with Crippen LogP contribution in [0.1, 0.15) is 24.0 Å². The Morgan fingerprint density at radius 2 is 1.47 bits per heavy atom. The molecule has 0 spiro atoms. The van der Waals surface area contributed by atoms with E-state index in [2.05, 4.69) is 81.4 Å². The van der Waals surface area contributed by atoms with E-state index >= 15 is 0 Å². The van der Waals surface area contributed by atoms with Gasteiger partial charge in [0.25, 0.3) is 0 Å². The van der Waals surface area contributed by atoms with Gasteiger partial charge in [-0.1, -0.05) is 58.4 Å². The lowest BCUT2D eigenvalue weighted by molar-refractivity contribution is -0.697. The van der Waals surface area contributed by atoms with Crippen molar-refractivity contribution in [2.45, 2.75) is 19.4 Å². The Bertz CT molecular complexity index is 503. The minimum Gasteiger partial charge on any atom is -0.205 e. The zero-order valence-electron chi connectivity index (χ0n) is 11.0. The molecule has 0 saturated heterocycles. The molecule has 98 valence electrons. The number of aryl methyl sites for hydroxylation is 1. The Morgan fingerprint density at radius 1 is 0.842 bits per heavy atom. The minimum atomic E-state index is 1.09. The summed E-state index contributed by atoms with van der Waals surface area (Å²) in [6.07, 6.45) is 11.0. The molecule has 0 aliphatic carbocycles. The summed E-state index contributed by atoms with van der Waals surface area (Å²) in [6, 6.07) is 14.7. The van der Waals surface area contributed by atoms with Gasteiger partial charge in [-0.15, -0.1) is 0 Å². The van der Waals surface area contributed by atoms with Crippen LogP contribution in [-0.4, -0.2) is 5.33 Å². The molecule has 0 aliphatic rings. The van der Waals surface area contributed by atoms with Crippen molar-refractivity contribution in [2.75, 3.05) is 5.33 Å². The third kappa shape index (κ3) is 4.99. The number of hydrogen-bond donors (Lipinski definition) is 0. The Labute approximate surface area is 123 Å². The summed E-state index contributed by atoms with van der Waals surface area (Å²) in [7, 11) is 0. The molecule has 1 aromatic heterocycles. The Morgan fingerprint density at radius 3 is 2.11 bits per heavy atom. The van der Waals surface area contributed by atoms with Gasteiger partial charge < -0.3 is 0 Å². The zero-order valence-corrected chi connectivity index (χ0v) is 12.6. The summed E-state index contributed by atoms with van der Waals surface area (Å²) in [6.45, 7) is 1.09. The van der Waals surface area contributed by atoms with Crippen molar-refractivity contribution in [3.63, 3.8) is 0 Å². The molecule has 0 unspecified atom stereocenters. The fourth-order valence-corrected chi connectivity index (χ4v) is 2.27. The Kier molecular flexibility index (Phi) is 5.83. The second-order valence-electron chi connectivity index (χ2n) is 4.51. The van der Waals surface area contributed by atoms with Crippen LogP contribution in [0.4, 0.5) is 0 Å². The number of unbranched alkanes of at least 4 members (excludes halogenated alkanes) is 1. The lowest BCUT2D eigenvalue weighted by Gasteiger charge is -1.97. The van der Waals surface area contributed by atoms with Crippen LogP contribution in [-0.2, 0) is 6.54 Å². The summed E-state index contributed by atoms with van der Waals surface area (Å²) in [5.74, 6) is 0. The molecular weight excluding hydrogens is 298 g/mol. The maximum absolute atomic E-state index is 3.46. The van der Waals surface area contributed by atoms with E-state index in [1.54, 1.807) is 0 Å². The van der Waals surface area contributed by atoms with E-state index < -0.39 is 0 Å². The van der Waals surface area contributed by atoms with Gasteiger partial charge in [-0.2, -0.15) is 0 Å². The molecule has 0 atom stereocenters. The summed E-state index contributed by atoms with van der Waals surface area (Å²) in [5, 5.41) is 1.09. The molecule has 0 saturated carbocycles. The van der Waals surface area contributed by atoms with E-state index in [4.69, 9.17) is 0 Å². The number of rotatable bonds is 6. The lowest BCUT2D eigenvalue weighted by atomic mass is 10.1. The summed E-state index contributed by atoms with van der Waals surface area (Å²) < 4.78 is 2.24. The highest BCUT2D eigenvalue weighted by atomic mass is 79.9. The predicted octanol–water partition coefficient (Wildman–Crippen LogP) is 4.32. The molecule has 1 nitrogen and oxygen atoms in total. The summed E-state index contributed by atoms with van der Waals surface area (Å²) >= 11 is 3.46. The monoisotopic (exact) mass is 316 g/mol. The van der Waals surface area contributed by atoms with E-state index in [9.17, 15) is 0 Å². The van der Waals surface area contributed by atoms with E-state index in [0.717, 1.165) is 11.9 Å². The van der Waals surface area contributed by atoms with Gasteiger partial charge >= 0.3 is 0 Å². The van der Waals surface area contributed by atoms with Crippen LogP contribution < -0.4 is 4.57 Å². The molecule has 2 aromatic rings. The number of aromatic nitrogens is 1. The van der Waals surface area contributed by atoms with Gasteiger partial charge in [-0.05, 0) is 17.5 Å². The third-order valence-electron chi connectivity index (χ3n) is 2.98. The molecule has 2 rings (SSSR count). The van der Waals surface area contributed by atoms with Gasteiger partial charge in [0.1, 0.15) is 6.54 Å². The van der Waals surface area contributed by atoms with Crippen LogP contribution >= 0.6 is 15.9 Å².